The molecule has 0 N–H and O–H groups in total. The minimum atomic E-state index is -3.70. The summed E-state index contributed by atoms with van der Waals surface area (Å²) in [6.45, 7) is 2.96. The zero-order valence-corrected chi connectivity index (χ0v) is 17.9. The van der Waals surface area contributed by atoms with Crippen LogP contribution in [0.5, 0.6) is 0 Å². The van der Waals surface area contributed by atoms with E-state index in [4.69, 9.17) is 0 Å². The predicted octanol–water partition coefficient (Wildman–Crippen LogP) is 2.47. The molecule has 0 bridgehead atoms. The number of aromatic nitrogens is 1. The van der Waals surface area contributed by atoms with E-state index in [9.17, 15) is 18.0 Å². The highest BCUT2D eigenvalue weighted by molar-refractivity contribution is 7.89. The molecule has 0 unspecified atom stereocenters. The molecule has 1 amide bonds. The number of anilines is 1. The lowest BCUT2D eigenvalue weighted by molar-refractivity contribution is 0.0988. The molecular formula is C22H23N3O4S. The van der Waals surface area contributed by atoms with Crippen molar-refractivity contribution in [2.45, 2.75) is 24.8 Å². The van der Waals surface area contributed by atoms with Crippen molar-refractivity contribution in [3.63, 3.8) is 0 Å². The van der Waals surface area contributed by atoms with E-state index < -0.39 is 15.5 Å². The molecule has 1 aromatic heterocycles. The molecule has 3 aromatic rings. The van der Waals surface area contributed by atoms with Crippen LogP contribution in [0.1, 0.15) is 22.8 Å². The van der Waals surface area contributed by atoms with Crippen LogP contribution in [0.25, 0.3) is 10.9 Å². The average molecular weight is 426 g/mol. The third-order valence-electron chi connectivity index (χ3n) is 5.53. The molecule has 156 valence electrons. The smallest absolute Gasteiger partial charge is 0.263 e. The van der Waals surface area contributed by atoms with E-state index in [1.807, 2.05) is 31.2 Å². The number of rotatable bonds is 4. The zero-order valence-electron chi connectivity index (χ0n) is 17.1. The topological polar surface area (TPSA) is 79.7 Å². The summed E-state index contributed by atoms with van der Waals surface area (Å²) in [7, 11) is -0.825. The number of benzene rings is 2. The van der Waals surface area contributed by atoms with E-state index in [2.05, 4.69) is 0 Å². The van der Waals surface area contributed by atoms with Gasteiger partial charge in [0.1, 0.15) is 5.56 Å². The van der Waals surface area contributed by atoms with E-state index in [0.717, 1.165) is 22.0 Å². The van der Waals surface area contributed by atoms with Crippen LogP contribution in [0.2, 0.25) is 0 Å². The number of para-hydroxylation sites is 1. The van der Waals surface area contributed by atoms with Gasteiger partial charge in [-0.1, -0.05) is 18.2 Å². The Balaban J connectivity index is 1.90. The Labute approximate surface area is 175 Å². The third kappa shape index (κ3) is 3.12. The maximum atomic E-state index is 13.3. The van der Waals surface area contributed by atoms with E-state index in [1.54, 1.807) is 21.7 Å². The Hall–Kier alpha value is -2.97. The first-order valence-corrected chi connectivity index (χ1v) is 11.2. The maximum Gasteiger partial charge on any atom is 0.263 e. The molecule has 0 saturated heterocycles. The molecule has 8 heteroatoms. The molecule has 1 aliphatic heterocycles. The molecular weight excluding hydrogens is 402 g/mol. The first kappa shape index (κ1) is 20.3. The van der Waals surface area contributed by atoms with E-state index in [1.165, 1.54) is 26.2 Å². The number of sulfonamides is 1. The maximum absolute atomic E-state index is 13.3. The van der Waals surface area contributed by atoms with Gasteiger partial charge in [-0.25, -0.2) is 12.7 Å². The van der Waals surface area contributed by atoms with Gasteiger partial charge >= 0.3 is 0 Å². The lowest BCUT2D eigenvalue weighted by atomic mass is 10.1. The first-order chi connectivity index (χ1) is 14.3. The molecule has 0 fully saturated rings. The minimum Gasteiger partial charge on any atom is -0.347 e. The second-order valence-corrected chi connectivity index (χ2v) is 9.61. The van der Waals surface area contributed by atoms with Gasteiger partial charge in [-0.2, -0.15) is 0 Å². The summed E-state index contributed by atoms with van der Waals surface area (Å²) < 4.78 is 28.0. The lowest BCUT2D eigenvalue weighted by Gasteiger charge is -2.19. The van der Waals surface area contributed by atoms with E-state index in [0.29, 0.717) is 18.6 Å². The molecule has 0 radical (unpaired) electrons. The fraction of sp³-hybridized carbons (Fsp3) is 0.273. The number of fused-ring (bicyclic) bond motifs is 2. The zero-order chi connectivity index (χ0) is 21.6. The van der Waals surface area contributed by atoms with Crippen molar-refractivity contribution in [2.75, 3.05) is 25.5 Å². The summed E-state index contributed by atoms with van der Waals surface area (Å²) in [6.07, 6.45) is 2.32. The molecule has 1 aliphatic rings. The van der Waals surface area contributed by atoms with Crippen molar-refractivity contribution in [3.8, 4) is 0 Å². The van der Waals surface area contributed by atoms with Crippen LogP contribution in [0.3, 0.4) is 0 Å². The SMILES string of the molecule is CCn1cc(C(=O)N2CCc3ccccc32)c(=O)c2cc(S(=O)(=O)N(C)C)ccc21. The second-order valence-electron chi connectivity index (χ2n) is 7.46. The summed E-state index contributed by atoms with van der Waals surface area (Å²) >= 11 is 0. The van der Waals surface area contributed by atoms with Crippen molar-refractivity contribution in [3.05, 3.63) is 70.0 Å². The lowest BCUT2D eigenvalue weighted by Crippen LogP contribution is -2.33. The van der Waals surface area contributed by atoms with Crippen LogP contribution < -0.4 is 10.3 Å². The molecule has 0 spiro atoms. The normalized spacial score (nSPS) is 13.8. The number of carbonyl (C=O) groups excluding carboxylic acids is 1. The van der Waals surface area contributed by atoms with Crippen LogP contribution in [0.15, 0.2) is 58.4 Å². The summed E-state index contributed by atoms with van der Waals surface area (Å²) in [5.74, 6) is -0.366. The fourth-order valence-corrected chi connectivity index (χ4v) is 4.78. The van der Waals surface area contributed by atoms with Gasteiger partial charge in [0.2, 0.25) is 15.5 Å². The van der Waals surface area contributed by atoms with Gasteiger partial charge in [0.25, 0.3) is 5.91 Å². The van der Waals surface area contributed by atoms with E-state index >= 15 is 0 Å². The Morgan fingerprint density at radius 3 is 2.57 bits per heavy atom. The average Bonchev–Trinajstić information content (AvgIpc) is 3.17. The molecule has 0 aliphatic carbocycles. The van der Waals surface area contributed by atoms with Crippen LogP contribution in [-0.2, 0) is 23.0 Å². The van der Waals surface area contributed by atoms with Crippen molar-refractivity contribution < 1.29 is 13.2 Å². The molecule has 30 heavy (non-hydrogen) atoms. The van der Waals surface area contributed by atoms with Gasteiger partial charge < -0.3 is 9.47 Å². The van der Waals surface area contributed by atoms with Crippen molar-refractivity contribution in [1.29, 1.82) is 0 Å². The Bertz CT molecular complexity index is 1330. The van der Waals surface area contributed by atoms with Gasteiger partial charge in [-0.3, -0.25) is 9.59 Å². The Morgan fingerprint density at radius 1 is 1.13 bits per heavy atom. The summed E-state index contributed by atoms with van der Waals surface area (Å²) in [6, 6.07) is 12.1. The highest BCUT2D eigenvalue weighted by atomic mass is 32.2. The number of amides is 1. The first-order valence-electron chi connectivity index (χ1n) is 9.75. The number of carbonyl (C=O) groups is 1. The van der Waals surface area contributed by atoms with Gasteiger partial charge in [0.05, 0.1) is 10.4 Å². The fourth-order valence-electron chi connectivity index (χ4n) is 3.86. The second kappa shape index (κ2) is 7.37. The van der Waals surface area contributed by atoms with Crippen molar-refractivity contribution in [2.24, 2.45) is 0 Å². The summed E-state index contributed by atoms with van der Waals surface area (Å²) in [4.78, 5) is 28.3. The van der Waals surface area contributed by atoms with Crippen LogP contribution in [0.4, 0.5) is 5.69 Å². The number of hydrogen-bond donors (Lipinski definition) is 0. The van der Waals surface area contributed by atoms with Gasteiger partial charge in [0, 0.05) is 44.5 Å². The highest BCUT2D eigenvalue weighted by Gasteiger charge is 2.28. The third-order valence-corrected chi connectivity index (χ3v) is 7.34. The van der Waals surface area contributed by atoms with Crippen LogP contribution in [0, 0.1) is 0 Å². The van der Waals surface area contributed by atoms with Gasteiger partial charge in [0.15, 0.2) is 0 Å². The predicted molar refractivity (Wildman–Crippen MR) is 117 cm³/mol. The van der Waals surface area contributed by atoms with E-state index in [-0.39, 0.29) is 21.8 Å². The number of aryl methyl sites for hydroxylation is 1. The van der Waals surface area contributed by atoms with Crippen LogP contribution in [-0.4, -0.2) is 43.8 Å². The molecule has 2 aromatic carbocycles. The Morgan fingerprint density at radius 2 is 1.87 bits per heavy atom. The largest absolute Gasteiger partial charge is 0.347 e. The summed E-state index contributed by atoms with van der Waals surface area (Å²) in [5, 5.41) is 0.220. The van der Waals surface area contributed by atoms with Crippen molar-refractivity contribution in [1.82, 2.24) is 8.87 Å². The van der Waals surface area contributed by atoms with Gasteiger partial charge in [-0.05, 0) is 43.2 Å². The monoisotopic (exact) mass is 425 g/mol. The molecule has 0 atom stereocenters. The Kier molecular flexibility index (Phi) is 4.99. The molecule has 2 heterocycles. The quantitative estimate of drug-likeness (QED) is 0.643. The molecule has 7 nitrogen and oxygen atoms in total. The number of nitrogens with zero attached hydrogens (tertiary/aromatic N) is 3. The summed E-state index contributed by atoms with van der Waals surface area (Å²) in [5.41, 5.74) is 2.06. The van der Waals surface area contributed by atoms with Crippen LogP contribution >= 0.6 is 0 Å². The number of hydrogen-bond acceptors (Lipinski definition) is 4. The highest BCUT2D eigenvalue weighted by Crippen LogP contribution is 2.29. The van der Waals surface area contributed by atoms with Crippen molar-refractivity contribution >= 4 is 32.5 Å². The standard InChI is InChI=1S/C22H23N3O4S/c1-4-24-14-18(22(27)25-12-11-15-7-5-6-8-19(15)25)21(26)17-13-16(9-10-20(17)24)30(28,29)23(2)3/h5-10,13-14H,4,11-12H2,1-3H3. The van der Waals surface area contributed by atoms with Gasteiger partial charge in [-0.15, -0.1) is 0 Å². The molecule has 0 saturated carbocycles. The number of pyridine rings is 1. The molecule has 4 rings (SSSR count). The minimum absolute atomic E-state index is 0.0240.